The van der Waals surface area contributed by atoms with Gasteiger partial charge >= 0.3 is 0 Å². The predicted octanol–water partition coefficient (Wildman–Crippen LogP) is 3.81. The van der Waals surface area contributed by atoms with Gasteiger partial charge in [0, 0.05) is 11.1 Å². The molecule has 0 saturated carbocycles. The molecule has 2 heterocycles. The van der Waals surface area contributed by atoms with Crippen molar-refractivity contribution in [3.63, 3.8) is 0 Å². The number of piperidine rings is 1. The van der Waals surface area contributed by atoms with Gasteiger partial charge < -0.3 is 5.32 Å². The molecule has 1 saturated heterocycles. The number of fused-ring (bicyclic) bond motifs is 2. The molecule has 2 aromatic carbocycles. The van der Waals surface area contributed by atoms with Gasteiger partial charge in [-0.25, -0.2) is 8.78 Å². The standard InChI is InChI=1S/C19H17ClF2N2O/c20-18-19(8-10-23-11-9-19)12-4-1-2-7-15(12)24(18)17(25)16-13(21)5-3-6-14(16)22/h1-7,18,23H,8-11H2. The number of nitrogens with zero attached hydrogens (tertiary/aromatic N) is 1. The molecule has 4 rings (SSSR count). The molecule has 1 spiro atoms. The van der Waals surface area contributed by atoms with Gasteiger partial charge in [-0.2, -0.15) is 0 Å². The zero-order valence-electron chi connectivity index (χ0n) is 13.4. The number of alkyl halides is 1. The molecule has 1 fully saturated rings. The fraction of sp³-hybridized carbons (Fsp3) is 0.316. The van der Waals surface area contributed by atoms with Crippen LogP contribution in [0.2, 0.25) is 0 Å². The van der Waals surface area contributed by atoms with E-state index in [0.29, 0.717) is 5.69 Å². The predicted molar refractivity (Wildman–Crippen MR) is 93.0 cm³/mol. The first kappa shape index (κ1) is 16.5. The number of amides is 1. The maximum Gasteiger partial charge on any atom is 0.265 e. The number of anilines is 1. The molecule has 2 aliphatic rings. The molecule has 0 aromatic heterocycles. The Hall–Kier alpha value is -1.98. The molecule has 3 nitrogen and oxygen atoms in total. The zero-order valence-corrected chi connectivity index (χ0v) is 14.2. The van der Waals surface area contributed by atoms with E-state index >= 15 is 0 Å². The van der Waals surface area contributed by atoms with Gasteiger partial charge in [0.15, 0.2) is 0 Å². The molecular formula is C19H17ClF2N2O. The SMILES string of the molecule is O=C(c1c(F)cccc1F)N1c2ccccc2C2(CCNCC2)C1Cl. The summed E-state index contributed by atoms with van der Waals surface area (Å²) in [6.45, 7) is 1.57. The smallest absolute Gasteiger partial charge is 0.265 e. The molecule has 1 amide bonds. The Balaban J connectivity index is 1.84. The average Bonchev–Trinajstić information content (AvgIpc) is 2.84. The van der Waals surface area contributed by atoms with Crippen molar-refractivity contribution in [1.82, 2.24) is 5.32 Å². The average molecular weight is 363 g/mol. The summed E-state index contributed by atoms with van der Waals surface area (Å²) in [5, 5.41) is 3.30. The summed E-state index contributed by atoms with van der Waals surface area (Å²) in [6, 6.07) is 10.9. The summed E-state index contributed by atoms with van der Waals surface area (Å²) in [7, 11) is 0. The van der Waals surface area contributed by atoms with Crippen LogP contribution < -0.4 is 10.2 Å². The summed E-state index contributed by atoms with van der Waals surface area (Å²) in [5.41, 5.74) is -0.0352. The van der Waals surface area contributed by atoms with Gasteiger partial charge in [0.05, 0.1) is 0 Å². The summed E-state index contributed by atoms with van der Waals surface area (Å²) >= 11 is 6.76. The van der Waals surface area contributed by atoms with Gasteiger partial charge in [-0.05, 0) is 49.7 Å². The van der Waals surface area contributed by atoms with Gasteiger partial charge in [0.2, 0.25) is 0 Å². The maximum absolute atomic E-state index is 14.2. The van der Waals surface area contributed by atoms with Crippen molar-refractivity contribution < 1.29 is 13.6 Å². The highest BCUT2D eigenvalue weighted by Crippen LogP contribution is 2.52. The largest absolute Gasteiger partial charge is 0.317 e. The summed E-state index contributed by atoms with van der Waals surface area (Å²) in [6.07, 6.45) is 1.53. The zero-order chi connectivity index (χ0) is 17.6. The van der Waals surface area contributed by atoms with Crippen LogP contribution in [0.15, 0.2) is 42.5 Å². The molecule has 1 N–H and O–H groups in total. The Labute approximate surface area is 149 Å². The molecule has 1 unspecified atom stereocenters. The van der Waals surface area contributed by atoms with Crippen molar-refractivity contribution in [2.45, 2.75) is 23.8 Å². The molecule has 2 aromatic rings. The first-order valence-electron chi connectivity index (χ1n) is 8.28. The van der Waals surface area contributed by atoms with Gasteiger partial charge in [0.25, 0.3) is 5.91 Å². The molecule has 0 aliphatic carbocycles. The van der Waals surface area contributed by atoms with E-state index in [1.807, 2.05) is 12.1 Å². The molecular weight excluding hydrogens is 346 g/mol. The number of para-hydroxylation sites is 1. The number of halogens is 3. The van der Waals surface area contributed by atoms with Crippen molar-refractivity contribution in [3.05, 3.63) is 65.2 Å². The van der Waals surface area contributed by atoms with E-state index in [0.717, 1.165) is 43.6 Å². The Morgan fingerprint density at radius 2 is 1.72 bits per heavy atom. The van der Waals surface area contributed by atoms with Gasteiger partial charge in [-0.1, -0.05) is 35.9 Å². The second-order valence-corrected chi connectivity index (χ2v) is 6.94. The lowest BCUT2D eigenvalue weighted by Gasteiger charge is -2.38. The van der Waals surface area contributed by atoms with Gasteiger partial charge in [-0.15, -0.1) is 0 Å². The van der Waals surface area contributed by atoms with E-state index in [1.54, 1.807) is 12.1 Å². The molecule has 130 valence electrons. The Kier molecular flexibility index (Phi) is 4.01. The molecule has 6 heteroatoms. The Morgan fingerprint density at radius 1 is 1.08 bits per heavy atom. The lowest BCUT2D eigenvalue weighted by Crippen LogP contribution is -2.49. The molecule has 0 radical (unpaired) electrons. The summed E-state index contributed by atoms with van der Waals surface area (Å²) in [4.78, 5) is 14.4. The van der Waals surface area contributed by atoms with Crippen LogP contribution >= 0.6 is 11.6 Å². The number of carbonyl (C=O) groups excluding carboxylic acids is 1. The fourth-order valence-electron chi connectivity index (χ4n) is 4.02. The minimum absolute atomic E-state index is 0.402. The van der Waals surface area contributed by atoms with Crippen LogP contribution in [0.4, 0.5) is 14.5 Å². The second kappa shape index (κ2) is 6.07. The number of hydrogen-bond donors (Lipinski definition) is 1. The van der Waals surface area contributed by atoms with Crippen LogP contribution in [-0.4, -0.2) is 24.5 Å². The van der Waals surface area contributed by atoms with Crippen molar-refractivity contribution in [3.8, 4) is 0 Å². The van der Waals surface area contributed by atoms with Gasteiger partial charge in [0.1, 0.15) is 22.7 Å². The first-order valence-corrected chi connectivity index (χ1v) is 8.72. The fourth-order valence-corrected chi connectivity index (χ4v) is 4.55. The molecule has 25 heavy (non-hydrogen) atoms. The minimum Gasteiger partial charge on any atom is -0.317 e. The summed E-state index contributed by atoms with van der Waals surface area (Å²) < 4.78 is 28.3. The van der Waals surface area contributed by atoms with Gasteiger partial charge in [-0.3, -0.25) is 9.69 Å². The molecule has 0 bridgehead atoms. The van der Waals surface area contributed by atoms with E-state index < -0.39 is 34.0 Å². The van der Waals surface area contributed by atoms with Crippen molar-refractivity contribution in [2.75, 3.05) is 18.0 Å². The van der Waals surface area contributed by atoms with Crippen LogP contribution in [0.5, 0.6) is 0 Å². The second-order valence-electron chi connectivity index (χ2n) is 6.53. The van der Waals surface area contributed by atoms with E-state index in [4.69, 9.17) is 11.6 Å². The molecule has 2 aliphatic heterocycles. The number of hydrogen-bond acceptors (Lipinski definition) is 2. The van der Waals surface area contributed by atoms with Crippen LogP contribution in [0, 0.1) is 11.6 Å². The third-order valence-corrected chi connectivity index (χ3v) is 5.89. The highest BCUT2D eigenvalue weighted by atomic mass is 35.5. The Morgan fingerprint density at radius 3 is 2.40 bits per heavy atom. The molecule has 1 atom stereocenters. The lowest BCUT2D eigenvalue weighted by molar-refractivity contribution is 0.0969. The first-order chi connectivity index (χ1) is 12.1. The maximum atomic E-state index is 14.2. The number of benzene rings is 2. The highest BCUT2D eigenvalue weighted by Gasteiger charge is 2.52. The van der Waals surface area contributed by atoms with E-state index in [2.05, 4.69) is 5.32 Å². The number of carbonyl (C=O) groups is 1. The van der Waals surface area contributed by atoms with Crippen LogP contribution in [0.3, 0.4) is 0 Å². The van der Waals surface area contributed by atoms with Crippen LogP contribution in [0.1, 0.15) is 28.8 Å². The van der Waals surface area contributed by atoms with E-state index in [9.17, 15) is 13.6 Å². The topological polar surface area (TPSA) is 32.3 Å². The van der Waals surface area contributed by atoms with Crippen molar-refractivity contribution in [1.29, 1.82) is 0 Å². The highest BCUT2D eigenvalue weighted by molar-refractivity contribution is 6.28. The van der Waals surface area contributed by atoms with Crippen LogP contribution in [0.25, 0.3) is 0 Å². The van der Waals surface area contributed by atoms with Crippen molar-refractivity contribution >= 4 is 23.2 Å². The number of nitrogens with one attached hydrogen (secondary N) is 1. The van der Waals surface area contributed by atoms with Crippen LogP contribution in [-0.2, 0) is 5.41 Å². The normalized spacial score (nSPS) is 21.4. The lowest BCUT2D eigenvalue weighted by atomic mass is 9.74. The van der Waals surface area contributed by atoms with E-state index in [-0.39, 0.29) is 0 Å². The monoisotopic (exact) mass is 362 g/mol. The Bertz CT molecular complexity index is 816. The van der Waals surface area contributed by atoms with E-state index in [1.165, 1.54) is 11.0 Å². The van der Waals surface area contributed by atoms with Crippen molar-refractivity contribution in [2.24, 2.45) is 0 Å². The third-order valence-electron chi connectivity index (χ3n) is 5.27. The minimum atomic E-state index is -0.877. The number of rotatable bonds is 1. The summed E-state index contributed by atoms with van der Waals surface area (Å²) in [5.74, 6) is -2.49. The third kappa shape index (κ3) is 2.37. The quantitative estimate of drug-likeness (QED) is 0.618.